The normalized spacial score (nSPS) is 9.64. The van der Waals surface area contributed by atoms with Crippen LogP contribution in [0.1, 0.15) is 5.56 Å². The lowest BCUT2D eigenvalue weighted by Crippen LogP contribution is -1.98. The van der Waals surface area contributed by atoms with Gasteiger partial charge in [0.2, 0.25) is 0 Å². The van der Waals surface area contributed by atoms with Crippen molar-refractivity contribution in [1.82, 2.24) is 15.0 Å². The van der Waals surface area contributed by atoms with Gasteiger partial charge in [0.25, 0.3) is 0 Å². The average molecular weight is 186 g/mol. The van der Waals surface area contributed by atoms with Crippen molar-refractivity contribution < 1.29 is 5.11 Å². The van der Waals surface area contributed by atoms with Crippen molar-refractivity contribution in [1.29, 1.82) is 5.26 Å². The second-order valence-electron chi connectivity index (χ2n) is 2.63. The Kier molecular flexibility index (Phi) is 1.88. The molecule has 0 unspecified atom stereocenters. The summed E-state index contributed by atoms with van der Waals surface area (Å²) < 4.78 is 1.43. The third-order valence-corrected chi connectivity index (χ3v) is 1.80. The van der Waals surface area contributed by atoms with Crippen molar-refractivity contribution in [2.24, 2.45) is 0 Å². The Morgan fingerprint density at radius 1 is 1.43 bits per heavy atom. The van der Waals surface area contributed by atoms with Crippen LogP contribution in [0.2, 0.25) is 0 Å². The van der Waals surface area contributed by atoms with E-state index in [9.17, 15) is 5.11 Å². The molecule has 0 fully saturated rings. The molecule has 0 aliphatic carbocycles. The number of aromatic hydroxyl groups is 1. The minimum atomic E-state index is -0.0551. The molecule has 1 aromatic heterocycles. The van der Waals surface area contributed by atoms with Crippen LogP contribution in [0.25, 0.3) is 5.69 Å². The summed E-state index contributed by atoms with van der Waals surface area (Å²) in [5.41, 5.74) is 0.711. The Hall–Kier alpha value is -2.35. The van der Waals surface area contributed by atoms with Crippen molar-refractivity contribution in [2.75, 3.05) is 0 Å². The smallest absolute Gasteiger partial charge is 0.135 e. The van der Waals surface area contributed by atoms with Gasteiger partial charge in [-0.1, -0.05) is 11.3 Å². The van der Waals surface area contributed by atoms with Gasteiger partial charge in [0.1, 0.15) is 17.4 Å². The molecule has 5 nitrogen and oxygen atoms in total. The summed E-state index contributed by atoms with van der Waals surface area (Å²) in [6, 6.07) is 6.70. The number of hydrogen-bond donors (Lipinski definition) is 1. The molecule has 0 aliphatic heterocycles. The van der Waals surface area contributed by atoms with Crippen LogP contribution >= 0.6 is 0 Å². The molecule has 0 amide bonds. The van der Waals surface area contributed by atoms with Gasteiger partial charge in [-0.25, -0.2) is 4.68 Å². The second-order valence-corrected chi connectivity index (χ2v) is 2.63. The minimum Gasteiger partial charge on any atom is -0.506 e. The van der Waals surface area contributed by atoms with Crippen molar-refractivity contribution in [3.63, 3.8) is 0 Å². The SMILES string of the molecule is N#Cc1c(O)cccc1-n1ccnn1. The van der Waals surface area contributed by atoms with Gasteiger partial charge in [0.05, 0.1) is 18.1 Å². The molecule has 0 aliphatic rings. The molecule has 14 heavy (non-hydrogen) atoms. The third kappa shape index (κ3) is 1.19. The first kappa shape index (κ1) is 8.26. The number of aromatic nitrogens is 3. The third-order valence-electron chi connectivity index (χ3n) is 1.80. The number of nitriles is 1. The molecule has 0 bridgehead atoms. The minimum absolute atomic E-state index is 0.0551. The second kappa shape index (κ2) is 3.18. The predicted molar refractivity (Wildman–Crippen MR) is 47.7 cm³/mol. The van der Waals surface area contributed by atoms with E-state index in [2.05, 4.69) is 10.3 Å². The number of rotatable bonds is 1. The molecule has 0 spiro atoms. The van der Waals surface area contributed by atoms with Crippen LogP contribution in [0.4, 0.5) is 0 Å². The topological polar surface area (TPSA) is 74.7 Å². The maximum atomic E-state index is 9.41. The Morgan fingerprint density at radius 3 is 2.93 bits per heavy atom. The van der Waals surface area contributed by atoms with Crippen molar-refractivity contribution in [2.45, 2.75) is 0 Å². The molecule has 0 radical (unpaired) electrons. The van der Waals surface area contributed by atoms with E-state index in [4.69, 9.17) is 5.26 Å². The van der Waals surface area contributed by atoms with Crippen LogP contribution in [-0.2, 0) is 0 Å². The highest BCUT2D eigenvalue weighted by molar-refractivity contribution is 5.55. The molecule has 2 aromatic rings. The van der Waals surface area contributed by atoms with E-state index >= 15 is 0 Å². The van der Waals surface area contributed by atoms with Crippen LogP contribution in [-0.4, -0.2) is 20.1 Å². The zero-order valence-corrected chi connectivity index (χ0v) is 7.12. The maximum Gasteiger partial charge on any atom is 0.135 e. The summed E-state index contributed by atoms with van der Waals surface area (Å²) in [5.74, 6) is -0.0551. The van der Waals surface area contributed by atoms with E-state index in [1.165, 1.54) is 16.9 Å². The molecule has 2 rings (SSSR count). The summed E-state index contributed by atoms with van der Waals surface area (Å²) in [6.07, 6.45) is 3.11. The fourth-order valence-corrected chi connectivity index (χ4v) is 1.17. The number of hydrogen-bond acceptors (Lipinski definition) is 4. The molecule has 1 aromatic carbocycles. The highest BCUT2D eigenvalue weighted by atomic mass is 16.3. The Bertz CT molecular complexity index is 484. The molecular weight excluding hydrogens is 180 g/mol. The van der Waals surface area contributed by atoms with Crippen LogP contribution in [0, 0.1) is 11.3 Å². The lowest BCUT2D eigenvalue weighted by Gasteiger charge is -2.03. The zero-order chi connectivity index (χ0) is 9.97. The summed E-state index contributed by atoms with van der Waals surface area (Å²) in [7, 11) is 0. The molecule has 1 N–H and O–H groups in total. The molecule has 1 heterocycles. The quantitative estimate of drug-likeness (QED) is 0.716. The van der Waals surface area contributed by atoms with E-state index in [0.717, 1.165) is 0 Å². The number of benzene rings is 1. The van der Waals surface area contributed by atoms with Crippen molar-refractivity contribution in [3.8, 4) is 17.5 Å². The maximum absolute atomic E-state index is 9.41. The van der Waals surface area contributed by atoms with E-state index in [-0.39, 0.29) is 11.3 Å². The molecule has 0 saturated heterocycles. The summed E-state index contributed by atoms with van der Waals surface area (Å²) in [6.45, 7) is 0. The van der Waals surface area contributed by atoms with Gasteiger partial charge in [-0.2, -0.15) is 5.26 Å². The lowest BCUT2D eigenvalue weighted by atomic mass is 10.2. The van der Waals surface area contributed by atoms with E-state index in [1.54, 1.807) is 18.3 Å². The molecule has 5 heteroatoms. The van der Waals surface area contributed by atoms with Gasteiger partial charge in [-0.05, 0) is 12.1 Å². The van der Waals surface area contributed by atoms with E-state index in [1.807, 2.05) is 6.07 Å². The first-order valence-corrected chi connectivity index (χ1v) is 3.91. The molecular formula is C9H6N4O. The van der Waals surface area contributed by atoms with Crippen LogP contribution in [0.5, 0.6) is 5.75 Å². The summed E-state index contributed by atoms with van der Waals surface area (Å²) >= 11 is 0. The largest absolute Gasteiger partial charge is 0.506 e. The highest BCUT2D eigenvalue weighted by Crippen LogP contribution is 2.21. The number of nitrogens with zero attached hydrogens (tertiary/aromatic N) is 4. The fraction of sp³-hybridized carbons (Fsp3) is 0. The van der Waals surface area contributed by atoms with Crippen molar-refractivity contribution in [3.05, 3.63) is 36.2 Å². The van der Waals surface area contributed by atoms with Gasteiger partial charge in [-0.3, -0.25) is 0 Å². The average Bonchev–Trinajstić information content (AvgIpc) is 2.70. The fourth-order valence-electron chi connectivity index (χ4n) is 1.17. The molecule has 0 saturated carbocycles. The summed E-state index contributed by atoms with van der Waals surface area (Å²) in [5, 5.41) is 25.6. The number of phenols is 1. The first-order chi connectivity index (χ1) is 6.83. The zero-order valence-electron chi connectivity index (χ0n) is 7.12. The van der Waals surface area contributed by atoms with Crippen molar-refractivity contribution >= 4 is 0 Å². The van der Waals surface area contributed by atoms with Gasteiger partial charge in [0, 0.05) is 0 Å². The Morgan fingerprint density at radius 2 is 2.29 bits per heavy atom. The van der Waals surface area contributed by atoms with Gasteiger partial charge in [0.15, 0.2) is 0 Å². The first-order valence-electron chi connectivity index (χ1n) is 3.91. The van der Waals surface area contributed by atoms with E-state index < -0.39 is 0 Å². The molecule has 68 valence electrons. The van der Waals surface area contributed by atoms with Crippen LogP contribution in [0.15, 0.2) is 30.6 Å². The monoisotopic (exact) mass is 186 g/mol. The Balaban J connectivity index is 2.66. The highest BCUT2D eigenvalue weighted by Gasteiger charge is 2.08. The van der Waals surface area contributed by atoms with E-state index in [0.29, 0.717) is 5.69 Å². The standard InChI is InChI=1S/C9H6N4O/c10-6-7-8(2-1-3-9(7)14)13-5-4-11-12-13/h1-5,14H. The Labute approximate surface area is 79.8 Å². The van der Waals surface area contributed by atoms with Gasteiger partial charge in [-0.15, -0.1) is 5.10 Å². The van der Waals surface area contributed by atoms with Crippen LogP contribution in [0.3, 0.4) is 0 Å². The van der Waals surface area contributed by atoms with Crippen LogP contribution < -0.4 is 0 Å². The number of phenolic OH excluding ortho intramolecular Hbond substituents is 1. The van der Waals surface area contributed by atoms with Gasteiger partial charge < -0.3 is 5.11 Å². The van der Waals surface area contributed by atoms with Gasteiger partial charge >= 0.3 is 0 Å². The predicted octanol–water partition coefficient (Wildman–Crippen LogP) is 0.845. The molecule has 0 atom stereocenters. The lowest BCUT2D eigenvalue weighted by molar-refractivity contribution is 0.473. The summed E-state index contributed by atoms with van der Waals surface area (Å²) in [4.78, 5) is 0.